The van der Waals surface area contributed by atoms with Crippen LogP contribution in [0.5, 0.6) is 5.75 Å². The zero-order chi connectivity index (χ0) is 13.1. The van der Waals surface area contributed by atoms with Gasteiger partial charge >= 0.3 is 5.97 Å². The number of fused-ring (bicyclic) bond motifs is 1. The zero-order valence-corrected chi connectivity index (χ0v) is 9.74. The first-order valence-electron chi connectivity index (χ1n) is 5.66. The third-order valence-corrected chi connectivity index (χ3v) is 3.08. The Morgan fingerprint density at radius 1 is 1.39 bits per heavy atom. The number of ether oxygens (including phenoxy) is 1. The second-order valence-corrected chi connectivity index (χ2v) is 4.21. The molecule has 18 heavy (non-hydrogen) atoms. The van der Waals surface area contributed by atoms with Crippen molar-refractivity contribution in [3.8, 4) is 5.75 Å². The highest BCUT2D eigenvalue weighted by molar-refractivity contribution is 5.79. The molecule has 0 fully saturated rings. The summed E-state index contributed by atoms with van der Waals surface area (Å²) >= 11 is 0. The molecule has 1 aromatic carbocycles. The van der Waals surface area contributed by atoms with E-state index in [0.29, 0.717) is 12.2 Å². The minimum atomic E-state index is -0.525. The molecule has 5 heteroatoms. The maximum absolute atomic E-state index is 11.8. The van der Waals surface area contributed by atoms with E-state index in [9.17, 15) is 14.9 Å². The Hall–Kier alpha value is -2.17. The van der Waals surface area contributed by atoms with E-state index in [1.165, 1.54) is 0 Å². The van der Waals surface area contributed by atoms with Crippen LogP contribution in [-0.2, 0) is 4.79 Å². The predicted octanol–water partition coefficient (Wildman–Crippen LogP) is 2.16. The maximum atomic E-state index is 11.8. The van der Waals surface area contributed by atoms with E-state index in [0.717, 1.165) is 5.56 Å². The van der Waals surface area contributed by atoms with Gasteiger partial charge in [0.15, 0.2) is 0 Å². The molecular formula is C13H13NO4. The number of nitrogens with zero attached hydrogens (tertiary/aromatic N) is 1. The van der Waals surface area contributed by atoms with Crippen molar-refractivity contribution in [2.24, 2.45) is 5.92 Å². The molecular weight excluding hydrogens is 234 g/mol. The monoisotopic (exact) mass is 247 g/mol. The molecule has 0 saturated carbocycles. The molecule has 0 spiro atoms. The lowest BCUT2D eigenvalue weighted by atomic mass is 9.81. The van der Waals surface area contributed by atoms with Gasteiger partial charge in [0.1, 0.15) is 5.75 Å². The average Bonchev–Trinajstić information content (AvgIpc) is 2.33. The predicted molar refractivity (Wildman–Crippen MR) is 65.0 cm³/mol. The van der Waals surface area contributed by atoms with Crippen molar-refractivity contribution in [3.05, 3.63) is 52.6 Å². The molecule has 0 amide bonds. The van der Waals surface area contributed by atoms with Crippen LogP contribution in [0.15, 0.2) is 36.9 Å². The van der Waals surface area contributed by atoms with E-state index in [1.807, 2.05) is 0 Å². The molecule has 1 heterocycles. The molecule has 2 atom stereocenters. The van der Waals surface area contributed by atoms with Gasteiger partial charge in [0.25, 0.3) is 0 Å². The Bertz CT molecular complexity index is 498. The van der Waals surface area contributed by atoms with Crippen LogP contribution in [0.1, 0.15) is 17.9 Å². The van der Waals surface area contributed by atoms with Gasteiger partial charge in [0.2, 0.25) is 6.54 Å². The molecule has 1 aromatic rings. The number of rotatable bonds is 4. The molecule has 1 aliphatic rings. The Labute approximate surface area is 104 Å². The lowest BCUT2D eigenvalue weighted by molar-refractivity contribution is -0.484. The molecule has 1 aliphatic heterocycles. The first kappa shape index (κ1) is 12.3. The molecule has 2 rings (SSSR count). The highest BCUT2D eigenvalue weighted by Gasteiger charge is 2.39. The summed E-state index contributed by atoms with van der Waals surface area (Å²) in [4.78, 5) is 22.2. The molecule has 0 radical (unpaired) electrons. The van der Waals surface area contributed by atoms with Crippen LogP contribution < -0.4 is 4.74 Å². The minimum absolute atomic E-state index is 0.273. The molecule has 0 N–H and O–H groups in total. The number of allylic oxidation sites excluding steroid dienone is 1. The SMILES string of the molecule is C=CC[C@H]1C(=O)Oc2ccccc2[C@H]1C[N+](=O)[O-]. The number of esters is 1. The van der Waals surface area contributed by atoms with Crippen molar-refractivity contribution >= 4 is 5.97 Å². The second-order valence-electron chi connectivity index (χ2n) is 4.21. The summed E-state index contributed by atoms with van der Waals surface area (Å²) in [7, 11) is 0. The Morgan fingerprint density at radius 3 is 2.78 bits per heavy atom. The van der Waals surface area contributed by atoms with Gasteiger partial charge in [0, 0.05) is 10.5 Å². The molecule has 0 aliphatic carbocycles. The normalized spacial score (nSPS) is 21.9. The van der Waals surface area contributed by atoms with Crippen LogP contribution in [0.3, 0.4) is 0 Å². The topological polar surface area (TPSA) is 69.4 Å². The van der Waals surface area contributed by atoms with Crippen molar-refractivity contribution in [2.45, 2.75) is 12.3 Å². The summed E-state index contributed by atoms with van der Waals surface area (Å²) < 4.78 is 5.20. The quantitative estimate of drug-likeness (QED) is 0.269. The highest BCUT2D eigenvalue weighted by atomic mass is 16.6. The van der Waals surface area contributed by atoms with Gasteiger partial charge in [-0.15, -0.1) is 6.58 Å². The third-order valence-electron chi connectivity index (χ3n) is 3.08. The largest absolute Gasteiger partial charge is 0.426 e. The number of hydrogen-bond donors (Lipinski definition) is 0. The van der Waals surface area contributed by atoms with Gasteiger partial charge in [-0.05, 0) is 12.5 Å². The van der Waals surface area contributed by atoms with E-state index >= 15 is 0 Å². The van der Waals surface area contributed by atoms with E-state index in [1.54, 1.807) is 30.3 Å². The number of hydrogen-bond acceptors (Lipinski definition) is 4. The maximum Gasteiger partial charge on any atom is 0.315 e. The summed E-state index contributed by atoms with van der Waals surface area (Å²) in [5.41, 5.74) is 0.723. The van der Waals surface area contributed by atoms with Crippen molar-refractivity contribution in [1.29, 1.82) is 0 Å². The fourth-order valence-corrected chi connectivity index (χ4v) is 2.27. The van der Waals surface area contributed by atoms with Crippen molar-refractivity contribution in [2.75, 3.05) is 6.54 Å². The summed E-state index contributed by atoms with van der Waals surface area (Å²) in [5.74, 6) is -0.964. The number of para-hydroxylation sites is 1. The molecule has 94 valence electrons. The number of benzene rings is 1. The van der Waals surface area contributed by atoms with Crippen molar-refractivity contribution in [1.82, 2.24) is 0 Å². The summed E-state index contributed by atoms with van der Waals surface area (Å²) in [6, 6.07) is 6.95. The summed E-state index contributed by atoms with van der Waals surface area (Å²) in [5, 5.41) is 10.8. The van der Waals surface area contributed by atoms with Gasteiger partial charge in [-0.2, -0.15) is 0 Å². The molecule has 5 nitrogen and oxygen atoms in total. The van der Waals surface area contributed by atoms with Gasteiger partial charge in [-0.25, -0.2) is 0 Å². The minimum Gasteiger partial charge on any atom is -0.426 e. The Balaban J connectivity index is 2.42. The molecule has 0 unspecified atom stereocenters. The van der Waals surface area contributed by atoms with Gasteiger partial charge in [-0.1, -0.05) is 24.3 Å². The lowest BCUT2D eigenvalue weighted by Gasteiger charge is -2.28. The fourth-order valence-electron chi connectivity index (χ4n) is 2.27. The third kappa shape index (κ3) is 2.25. The van der Waals surface area contributed by atoms with Crippen molar-refractivity contribution < 1.29 is 14.5 Å². The van der Waals surface area contributed by atoms with Crippen LogP contribution in [0.2, 0.25) is 0 Å². The van der Waals surface area contributed by atoms with Gasteiger partial charge < -0.3 is 4.74 Å². The van der Waals surface area contributed by atoms with E-state index in [4.69, 9.17) is 4.74 Å². The van der Waals surface area contributed by atoms with Crippen LogP contribution in [-0.4, -0.2) is 17.4 Å². The van der Waals surface area contributed by atoms with E-state index in [-0.39, 0.29) is 6.54 Å². The lowest BCUT2D eigenvalue weighted by Crippen LogP contribution is -2.34. The van der Waals surface area contributed by atoms with E-state index < -0.39 is 22.7 Å². The Kier molecular flexibility index (Phi) is 3.41. The van der Waals surface area contributed by atoms with Gasteiger partial charge in [-0.3, -0.25) is 14.9 Å². The summed E-state index contributed by atoms with van der Waals surface area (Å²) in [6.45, 7) is 3.31. The van der Waals surface area contributed by atoms with E-state index in [2.05, 4.69) is 6.58 Å². The first-order chi connectivity index (χ1) is 8.63. The highest BCUT2D eigenvalue weighted by Crippen LogP contribution is 2.39. The molecule has 0 bridgehead atoms. The first-order valence-corrected chi connectivity index (χ1v) is 5.66. The molecule has 0 aromatic heterocycles. The number of nitro groups is 1. The zero-order valence-electron chi connectivity index (χ0n) is 9.74. The fraction of sp³-hybridized carbons (Fsp3) is 0.308. The molecule has 0 saturated heterocycles. The van der Waals surface area contributed by atoms with Gasteiger partial charge in [0.05, 0.1) is 11.8 Å². The smallest absolute Gasteiger partial charge is 0.315 e. The Morgan fingerprint density at radius 2 is 2.11 bits per heavy atom. The van der Waals surface area contributed by atoms with Crippen LogP contribution >= 0.6 is 0 Å². The average molecular weight is 247 g/mol. The van der Waals surface area contributed by atoms with Crippen LogP contribution in [0, 0.1) is 16.0 Å². The number of carbonyl (C=O) groups excluding carboxylic acids is 1. The van der Waals surface area contributed by atoms with Crippen LogP contribution in [0.25, 0.3) is 0 Å². The van der Waals surface area contributed by atoms with Crippen molar-refractivity contribution in [3.63, 3.8) is 0 Å². The summed E-state index contributed by atoms with van der Waals surface area (Å²) in [6.07, 6.45) is 1.97. The van der Waals surface area contributed by atoms with Crippen LogP contribution in [0.4, 0.5) is 0 Å². The standard InChI is InChI=1S/C13H13NO4/c1-2-5-10-11(8-14(16)17)9-6-3-4-7-12(9)18-13(10)15/h2-4,6-7,10-11H,1,5,8H2/t10-,11-/m1/s1. The second kappa shape index (κ2) is 5.00. The number of carbonyl (C=O) groups is 1.